The third kappa shape index (κ3) is 6.40. The topological polar surface area (TPSA) is 64.7 Å². The average molecular weight is 449 g/mol. The average Bonchev–Trinajstić information content (AvgIpc) is 2.65. The second-order valence-electron chi connectivity index (χ2n) is 6.67. The van der Waals surface area contributed by atoms with E-state index in [9.17, 15) is 14.0 Å². The SMILES string of the molecule is O=C(CN1CCN(CC(=O)Nc2cccc(F)c2)CC1)Nc1ccc(Br)cc1. The summed E-state index contributed by atoms with van der Waals surface area (Å²) < 4.78 is 14.1. The maximum atomic E-state index is 13.2. The highest BCUT2D eigenvalue weighted by atomic mass is 79.9. The summed E-state index contributed by atoms with van der Waals surface area (Å²) in [5.74, 6) is -0.612. The summed E-state index contributed by atoms with van der Waals surface area (Å²) in [4.78, 5) is 28.4. The largest absolute Gasteiger partial charge is 0.325 e. The molecule has 0 radical (unpaired) electrons. The standard InChI is InChI=1S/C20H22BrFN4O2/c21-15-4-6-17(7-5-15)23-19(27)13-25-8-10-26(11-9-25)14-20(28)24-18-3-1-2-16(22)12-18/h1-7,12H,8-11,13-14H2,(H,23,27)(H,24,28). The fraction of sp³-hybridized carbons (Fsp3) is 0.300. The minimum Gasteiger partial charge on any atom is -0.325 e. The third-order valence-corrected chi connectivity index (χ3v) is 4.96. The van der Waals surface area contributed by atoms with Gasteiger partial charge in [-0.05, 0) is 42.5 Å². The molecule has 0 spiro atoms. The molecule has 2 amide bonds. The minimum atomic E-state index is -0.382. The van der Waals surface area contributed by atoms with Crippen molar-refractivity contribution in [2.75, 3.05) is 49.9 Å². The highest BCUT2D eigenvalue weighted by Crippen LogP contribution is 2.14. The molecule has 3 rings (SSSR count). The van der Waals surface area contributed by atoms with Crippen LogP contribution in [0.5, 0.6) is 0 Å². The molecule has 2 aromatic carbocycles. The summed E-state index contributed by atoms with van der Waals surface area (Å²) in [6.45, 7) is 3.38. The van der Waals surface area contributed by atoms with E-state index in [1.54, 1.807) is 12.1 Å². The zero-order valence-corrected chi connectivity index (χ0v) is 16.9. The van der Waals surface area contributed by atoms with Crippen LogP contribution in [0.2, 0.25) is 0 Å². The molecule has 8 heteroatoms. The van der Waals surface area contributed by atoms with Gasteiger partial charge in [-0.25, -0.2) is 4.39 Å². The summed E-state index contributed by atoms with van der Waals surface area (Å²) in [7, 11) is 0. The molecule has 28 heavy (non-hydrogen) atoms. The lowest BCUT2D eigenvalue weighted by atomic mass is 10.2. The molecule has 0 aromatic heterocycles. The first kappa shape index (κ1) is 20.4. The Labute approximate surface area is 171 Å². The highest BCUT2D eigenvalue weighted by Gasteiger charge is 2.20. The Hall–Kier alpha value is -2.29. The van der Waals surface area contributed by atoms with Crippen LogP contribution in [-0.2, 0) is 9.59 Å². The van der Waals surface area contributed by atoms with E-state index in [0.717, 1.165) is 10.2 Å². The number of carbonyl (C=O) groups excluding carboxylic acids is 2. The summed E-state index contributed by atoms with van der Waals surface area (Å²) in [6, 6.07) is 13.3. The van der Waals surface area contributed by atoms with Crippen molar-refractivity contribution in [3.8, 4) is 0 Å². The zero-order valence-electron chi connectivity index (χ0n) is 15.3. The number of benzene rings is 2. The van der Waals surface area contributed by atoms with E-state index in [1.165, 1.54) is 12.1 Å². The van der Waals surface area contributed by atoms with Crippen LogP contribution in [-0.4, -0.2) is 60.9 Å². The number of anilines is 2. The summed E-state index contributed by atoms with van der Waals surface area (Å²) in [5.41, 5.74) is 1.22. The zero-order chi connectivity index (χ0) is 19.9. The van der Waals surface area contributed by atoms with Crippen molar-refractivity contribution in [1.82, 2.24) is 9.80 Å². The van der Waals surface area contributed by atoms with Crippen molar-refractivity contribution in [1.29, 1.82) is 0 Å². The van der Waals surface area contributed by atoms with Gasteiger partial charge in [0, 0.05) is 42.0 Å². The molecular formula is C20H22BrFN4O2. The third-order valence-electron chi connectivity index (χ3n) is 4.44. The predicted molar refractivity (Wildman–Crippen MR) is 111 cm³/mol. The number of carbonyl (C=O) groups is 2. The van der Waals surface area contributed by atoms with E-state index in [0.29, 0.717) is 38.4 Å². The fourth-order valence-corrected chi connectivity index (χ4v) is 3.28. The van der Waals surface area contributed by atoms with Gasteiger partial charge in [0.2, 0.25) is 11.8 Å². The molecule has 148 valence electrons. The maximum Gasteiger partial charge on any atom is 0.238 e. The molecule has 0 unspecified atom stereocenters. The Kier molecular flexibility index (Phi) is 7.13. The van der Waals surface area contributed by atoms with Crippen LogP contribution in [0.25, 0.3) is 0 Å². The smallest absolute Gasteiger partial charge is 0.238 e. The monoisotopic (exact) mass is 448 g/mol. The van der Waals surface area contributed by atoms with Crippen LogP contribution in [0.1, 0.15) is 0 Å². The molecule has 2 N–H and O–H groups in total. The number of rotatable bonds is 6. The van der Waals surface area contributed by atoms with Gasteiger partial charge < -0.3 is 10.6 Å². The van der Waals surface area contributed by atoms with Crippen molar-refractivity contribution >= 4 is 39.1 Å². The molecular weight excluding hydrogens is 427 g/mol. The second-order valence-corrected chi connectivity index (χ2v) is 7.58. The maximum absolute atomic E-state index is 13.2. The number of hydrogen-bond acceptors (Lipinski definition) is 4. The van der Waals surface area contributed by atoms with E-state index in [2.05, 4.69) is 31.5 Å². The van der Waals surface area contributed by atoms with Crippen molar-refractivity contribution in [2.24, 2.45) is 0 Å². The lowest BCUT2D eigenvalue weighted by Crippen LogP contribution is -2.50. The van der Waals surface area contributed by atoms with Gasteiger partial charge in [-0.2, -0.15) is 0 Å². The number of hydrogen-bond donors (Lipinski definition) is 2. The van der Waals surface area contributed by atoms with Crippen molar-refractivity contribution in [2.45, 2.75) is 0 Å². The van der Waals surface area contributed by atoms with Gasteiger partial charge in [0.1, 0.15) is 5.82 Å². The van der Waals surface area contributed by atoms with E-state index < -0.39 is 0 Å². The fourth-order valence-electron chi connectivity index (χ4n) is 3.01. The van der Waals surface area contributed by atoms with E-state index in [4.69, 9.17) is 0 Å². The molecule has 0 saturated carbocycles. The van der Waals surface area contributed by atoms with Crippen LogP contribution in [0, 0.1) is 5.82 Å². The Morgan fingerprint density at radius 1 is 0.857 bits per heavy atom. The van der Waals surface area contributed by atoms with Crippen LogP contribution in [0.3, 0.4) is 0 Å². The summed E-state index contributed by atoms with van der Waals surface area (Å²) in [5, 5.41) is 5.58. The molecule has 1 saturated heterocycles. The molecule has 1 fully saturated rings. The van der Waals surface area contributed by atoms with Crippen molar-refractivity contribution < 1.29 is 14.0 Å². The Bertz CT molecular complexity index is 823. The molecule has 0 bridgehead atoms. The number of nitrogens with one attached hydrogen (secondary N) is 2. The number of piperazine rings is 1. The number of halogens is 2. The van der Waals surface area contributed by atoms with Gasteiger partial charge in [-0.3, -0.25) is 19.4 Å². The highest BCUT2D eigenvalue weighted by molar-refractivity contribution is 9.10. The van der Waals surface area contributed by atoms with E-state index in [1.807, 2.05) is 29.2 Å². The summed E-state index contributed by atoms with van der Waals surface area (Å²) in [6.07, 6.45) is 0. The first-order chi connectivity index (χ1) is 13.5. The van der Waals surface area contributed by atoms with E-state index >= 15 is 0 Å². The Morgan fingerprint density at radius 3 is 1.93 bits per heavy atom. The van der Waals surface area contributed by atoms with Gasteiger partial charge in [-0.1, -0.05) is 22.0 Å². The lowest BCUT2D eigenvalue weighted by Gasteiger charge is -2.33. The molecule has 6 nitrogen and oxygen atoms in total. The van der Waals surface area contributed by atoms with Gasteiger partial charge in [0.05, 0.1) is 13.1 Å². The summed E-state index contributed by atoms with van der Waals surface area (Å²) >= 11 is 3.36. The first-order valence-corrected chi connectivity index (χ1v) is 9.83. The van der Waals surface area contributed by atoms with Gasteiger partial charge in [0.15, 0.2) is 0 Å². The van der Waals surface area contributed by atoms with Crippen LogP contribution >= 0.6 is 15.9 Å². The van der Waals surface area contributed by atoms with Crippen molar-refractivity contribution in [3.63, 3.8) is 0 Å². The Morgan fingerprint density at radius 2 is 1.39 bits per heavy atom. The molecule has 1 heterocycles. The molecule has 1 aliphatic rings. The first-order valence-electron chi connectivity index (χ1n) is 9.03. The van der Waals surface area contributed by atoms with Crippen LogP contribution in [0.15, 0.2) is 53.0 Å². The van der Waals surface area contributed by atoms with Gasteiger partial charge in [-0.15, -0.1) is 0 Å². The quantitative estimate of drug-likeness (QED) is 0.712. The number of amides is 2. The molecule has 2 aromatic rings. The Balaban J connectivity index is 1.38. The molecule has 0 aliphatic carbocycles. The van der Waals surface area contributed by atoms with Gasteiger partial charge >= 0.3 is 0 Å². The second kappa shape index (κ2) is 9.77. The normalized spacial score (nSPS) is 15.2. The number of nitrogens with zero attached hydrogens (tertiary/aromatic N) is 2. The van der Waals surface area contributed by atoms with Crippen LogP contribution in [0.4, 0.5) is 15.8 Å². The van der Waals surface area contributed by atoms with E-state index in [-0.39, 0.29) is 24.2 Å². The van der Waals surface area contributed by atoms with Crippen LogP contribution < -0.4 is 10.6 Å². The van der Waals surface area contributed by atoms with Crippen molar-refractivity contribution in [3.05, 3.63) is 58.8 Å². The predicted octanol–water partition coefficient (Wildman–Crippen LogP) is 2.78. The minimum absolute atomic E-state index is 0.0559. The van der Waals surface area contributed by atoms with Gasteiger partial charge in [0.25, 0.3) is 0 Å². The molecule has 1 aliphatic heterocycles. The molecule has 0 atom stereocenters. The lowest BCUT2D eigenvalue weighted by molar-refractivity contribution is -0.120.